The van der Waals surface area contributed by atoms with Crippen LogP contribution in [0.1, 0.15) is 52.0 Å². The van der Waals surface area contributed by atoms with Crippen molar-refractivity contribution in [1.29, 1.82) is 0 Å². The summed E-state index contributed by atoms with van der Waals surface area (Å²) in [6.07, 6.45) is 2.09. The highest BCUT2D eigenvalue weighted by molar-refractivity contribution is 7.89. The Morgan fingerprint density at radius 3 is 2.12 bits per heavy atom. The van der Waals surface area contributed by atoms with Crippen molar-refractivity contribution in [3.05, 3.63) is 60.2 Å². The molecule has 10 nitrogen and oxygen atoms in total. The number of ether oxygens (including phenoxy) is 2. The summed E-state index contributed by atoms with van der Waals surface area (Å²) in [7, 11) is -3.05. The number of rotatable bonds is 11. The van der Waals surface area contributed by atoms with Gasteiger partial charge in [0.25, 0.3) is 15.8 Å². The number of carbonyl (C=O) groups excluding carboxylic acids is 4. The van der Waals surface area contributed by atoms with Gasteiger partial charge in [-0.2, -0.15) is 0 Å². The Morgan fingerprint density at radius 1 is 0.975 bits per heavy atom. The number of hydrogen-bond acceptors (Lipinski definition) is 8. The number of sulfonamides is 1. The molecule has 0 bridgehead atoms. The van der Waals surface area contributed by atoms with Crippen LogP contribution < -0.4 is 10.1 Å². The minimum absolute atomic E-state index is 0.105. The van der Waals surface area contributed by atoms with E-state index in [1.807, 2.05) is 0 Å². The molecule has 0 aliphatic heterocycles. The molecule has 2 aromatic rings. The quantitative estimate of drug-likeness (QED) is 0.318. The topological polar surface area (TPSA) is 136 Å². The van der Waals surface area contributed by atoms with Crippen LogP contribution in [0.15, 0.2) is 59.5 Å². The molecule has 1 saturated carbocycles. The maximum Gasteiger partial charge on any atom is 0.408 e. The highest BCUT2D eigenvalue weighted by Gasteiger charge is 2.41. The number of nitrogens with zero attached hydrogens (tertiary/aromatic N) is 1. The van der Waals surface area contributed by atoms with E-state index in [4.69, 9.17) is 9.47 Å². The van der Waals surface area contributed by atoms with Gasteiger partial charge in [-0.05, 0) is 69.4 Å². The van der Waals surface area contributed by atoms with Crippen LogP contribution in [0.3, 0.4) is 0 Å². The number of alkyl carbamates (subject to hydrolysis) is 1. The monoisotopic (exact) mass is 572 g/mol. The van der Waals surface area contributed by atoms with Crippen LogP contribution in [0.25, 0.3) is 0 Å². The molecule has 2 amide bonds. The first-order valence-corrected chi connectivity index (χ1v) is 14.6. The third-order valence-corrected chi connectivity index (χ3v) is 8.24. The Labute approximate surface area is 235 Å². The summed E-state index contributed by atoms with van der Waals surface area (Å²) in [4.78, 5) is 52.5. The number of benzene rings is 2. The summed E-state index contributed by atoms with van der Waals surface area (Å²) in [5.41, 5.74) is -0.264. The zero-order valence-corrected chi connectivity index (χ0v) is 24.0. The van der Waals surface area contributed by atoms with Crippen molar-refractivity contribution in [2.45, 2.75) is 69.4 Å². The van der Waals surface area contributed by atoms with E-state index in [0.29, 0.717) is 28.5 Å². The third kappa shape index (κ3) is 8.14. The van der Waals surface area contributed by atoms with Crippen molar-refractivity contribution in [2.24, 2.45) is 5.92 Å². The lowest BCUT2D eigenvalue weighted by Gasteiger charge is -2.26. The smallest absolute Gasteiger partial charge is 0.408 e. The molecule has 0 radical (unpaired) electrons. The minimum Gasteiger partial charge on any atom is -0.497 e. The average molecular weight is 573 g/mol. The molecule has 1 aliphatic rings. The lowest BCUT2D eigenvalue weighted by molar-refractivity contribution is -0.148. The fourth-order valence-electron chi connectivity index (χ4n) is 4.48. The maximum atomic E-state index is 13.6. The van der Waals surface area contributed by atoms with Crippen LogP contribution in [-0.2, 0) is 35.6 Å². The Kier molecular flexibility index (Phi) is 10.1. The number of amides is 2. The van der Waals surface area contributed by atoms with Crippen LogP contribution in [0.2, 0.25) is 0 Å². The molecule has 1 aliphatic carbocycles. The number of Topliss-reactive ketones (excluding diaryl/α,β-unsaturated/α-hetero) is 2. The predicted molar refractivity (Wildman–Crippen MR) is 147 cm³/mol. The normalized spacial score (nSPS) is 14.7. The lowest BCUT2D eigenvalue weighted by Crippen LogP contribution is -2.52. The molecule has 0 saturated heterocycles. The predicted octanol–water partition coefficient (Wildman–Crippen LogP) is 3.68. The molecule has 2 aromatic carbocycles. The molecule has 0 unspecified atom stereocenters. The van der Waals surface area contributed by atoms with E-state index in [-0.39, 0.29) is 23.8 Å². The first-order valence-electron chi connectivity index (χ1n) is 13.1. The zero-order valence-electron chi connectivity index (χ0n) is 23.2. The van der Waals surface area contributed by atoms with E-state index in [2.05, 4.69) is 5.32 Å². The van der Waals surface area contributed by atoms with Gasteiger partial charge in [0.2, 0.25) is 5.78 Å². The van der Waals surface area contributed by atoms with Gasteiger partial charge >= 0.3 is 12.0 Å². The second-order valence-electron chi connectivity index (χ2n) is 10.7. The first-order chi connectivity index (χ1) is 18.8. The zero-order chi connectivity index (χ0) is 29.5. The van der Waals surface area contributed by atoms with Gasteiger partial charge in [0.15, 0.2) is 0 Å². The van der Waals surface area contributed by atoms with Gasteiger partial charge in [-0.25, -0.2) is 17.5 Å². The summed E-state index contributed by atoms with van der Waals surface area (Å²) >= 11 is 0. The first kappa shape index (κ1) is 30.8. The number of carbonyl (C=O) groups is 4. The van der Waals surface area contributed by atoms with Crippen molar-refractivity contribution < 1.29 is 37.1 Å². The molecule has 1 fully saturated rings. The largest absolute Gasteiger partial charge is 0.497 e. The molecular weight excluding hydrogens is 536 g/mol. The fraction of sp³-hybridized carbons (Fsp3) is 0.448. The molecule has 0 spiro atoms. The van der Waals surface area contributed by atoms with Gasteiger partial charge in [0.05, 0.1) is 12.0 Å². The van der Waals surface area contributed by atoms with Crippen LogP contribution in [-0.4, -0.2) is 61.6 Å². The second-order valence-corrected chi connectivity index (χ2v) is 12.6. The van der Waals surface area contributed by atoms with Crippen LogP contribution >= 0.6 is 0 Å². The molecule has 216 valence electrons. The molecule has 0 aromatic heterocycles. The SMILES string of the molecule is COc1ccc(S(=O)(=O)N(CC2CCCC2)C(=O)C(=O)C(=O)[C@@H](Cc2ccccc2)NC(=O)OC(C)(C)C)cc1. The fourth-order valence-corrected chi connectivity index (χ4v) is 5.92. The summed E-state index contributed by atoms with van der Waals surface area (Å²) < 4.78 is 38.0. The summed E-state index contributed by atoms with van der Waals surface area (Å²) in [6, 6.07) is 12.6. The molecule has 11 heteroatoms. The van der Waals surface area contributed by atoms with Crippen molar-refractivity contribution in [3.8, 4) is 5.75 Å². The van der Waals surface area contributed by atoms with E-state index in [1.54, 1.807) is 51.1 Å². The Hall–Kier alpha value is -3.73. The van der Waals surface area contributed by atoms with Gasteiger partial charge < -0.3 is 14.8 Å². The number of methoxy groups -OCH3 is 1. The van der Waals surface area contributed by atoms with Crippen molar-refractivity contribution in [2.75, 3.05) is 13.7 Å². The van der Waals surface area contributed by atoms with Gasteiger partial charge in [0, 0.05) is 13.0 Å². The van der Waals surface area contributed by atoms with Gasteiger partial charge in [0.1, 0.15) is 17.4 Å². The molecule has 3 rings (SSSR count). The van der Waals surface area contributed by atoms with E-state index < -0.39 is 45.2 Å². The second kappa shape index (κ2) is 13.1. The van der Waals surface area contributed by atoms with E-state index in [0.717, 1.165) is 12.8 Å². The van der Waals surface area contributed by atoms with Crippen LogP contribution in [0.5, 0.6) is 5.75 Å². The number of hydrogen-bond donors (Lipinski definition) is 1. The van der Waals surface area contributed by atoms with Gasteiger partial charge in [-0.3, -0.25) is 14.4 Å². The summed E-state index contributed by atoms with van der Waals surface area (Å²) in [6.45, 7) is 4.69. The average Bonchev–Trinajstić information content (AvgIpc) is 3.43. The van der Waals surface area contributed by atoms with Gasteiger partial charge in [-0.15, -0.1) is 0 Å². The van der Waals surface area contributed by atoms with Crippen LogP contribution in [0, 0.1) is 5.92 Å². The van der Waals surface area contributed by atoms with Crippen molar-refractivity contribution in [3.63, 3.8) is 0 Å². The number of ketones is 2. The van der Waals surface area contributed by atoms with Crippen molar-refractivity contribution >= 4 is 33.6 Å². The van der Waals surface area contributed by atoms with Crippen LogP contribution in [0.4, 0.5) is 4.79 Å². The summed E-state index contributed by atoms with van der Waals surface area (Å²) in [5, 5.41) is 2.39. The molecular formula is C29H36N2O8S. The Balaban J connectivity index is 1.92. The Bertz CT molecular complexity index is 1310. The van der Waals surface area contributed by atoms with E-state index in [1.165, 1.54) is 31.4 Å². The van der Waals surface area contributed by atoms with Gasteiger partial charge in [-0.1, -0.05) is 43.2 Å². The highest BCUT2D eigenvalue weighted by Crippen LogP contribution is 2.28. The Morgan fingerprint density at radius 2 is 1.57 bits per heavy atom. The van der Waals surface area contributed by atoms with E-state index >= 15 is 0 Å². The summed E-state index contributed by atoms with van der Waals surface area (Å²) in [5.74, 6) is -3.96. The number of nitrogens with one attached hydrogen (secondary N) is 1. The minimum atomic E-state index is -4.48. The third-order valence-electron chi connectivity index (χ3n) is 6.48. The molecule has 40 heavy (non-hydrogen) atoms. The van der Waals surface area contributed by atoms with Crippen molar-refractivity contribution in [1.82, 2.24) is 9.62 Å². The molecule has 1 N–H and O–H groups in total. The molecule has 1 atom stereocenters. The highest BCUT2D eigenvalue weighted by atomic mass is 32.2. The van der Waals surface area contributed by atoms with E-state index in [9.17, 15) is 27.6 Å². The standard InChI is InChI=1S/C29H36N2O8S/c1-29(2,3)39-28(35)30-24(18-20-10-6-5-7-11-20)25(32)26(33)27(34)31(19-21-12-8-9-13-21)40(36,37)23-16-14-22(38-4)15-17-23/h5-7,10-11,14-17,21,24H,8-9,12-13,18-19H2,1-4H3,(H,30,35)/t24-/m1/s1. The maximum absolute atomic E-state index is 13.6. The molecule has 0 heterocycles. The lowest BCUT2D eigenvalue weighted by atomic mass is 9.99.